The highest BCUT2D eigenvalue weighted by molar-refractivity contribution is 6.07. The molecule has 0 radical (unpaired) electrons. The predicted molar refractivity (Wildman–Crippen MR) is 103 cm³/mol. The lowest BCUT2D eigenvalue weighted by atomic mass is 10.1. The first kappa shape index (κ1) is 18.3. The summed E-state index contributed by atoms with van der Waals surface area (Å²) in [5.74, 6) is 0.869. The first-order valence-electron chi connectivity index (χ1n) is 9.23. The molecule has 1 fully saturated rings. The van der Waals surface area contributed by atoms with E-state index in [0.29, 0.717) is 47.6 Å². The number of benzene rings is 1. The van der Waals surface area contributed by atoms with Crippen molar-refractivity contribution in [3.63, 3.8) is 0 Å². The number of aromatic nitrogens is 2. The lowest BCUT2D eigenvalue weighted by Crippen LogP contribution is -2.36. The molecular formula is C20H23N3O5. The fourth-order valence-corrected chi connectivity index (χ4v) is 3.37. The molecule has 8 heteroatoms. The van der Waals surface area contributed by atoms with Gasteiger partial charge in [0.25, 0.3) is 0 Å². The van der Waals surface area contributed by atoms with Crippen molar-refractivity contribution in [2.45, 2.75) is 45.8 Å². The second-order valence-electron chi connectivity index (χ2n) is 7.98. The number of aromatic hydroxyl groups is 1. The monoisotopic (exact) mass is 385 g/mol. The Morgan fingerprint density at radius 2 is 2.11 bits per heavy atom. The fraction of sp³-hybridized carbons (Fsp3) is 0.450. The predicted octanol–water partition coefficient (Wildman–Crippen LogP) is 3.78. The van der Waals surface area contributed by atoms with Crippen molar-refractivity contribution in [2.75, 3.05) is 13.1 Å². The number of nitrogens with zero attached hydrogens (tertiary/aromatic N) is 3. The van der Waals surface area contributed by atoms with Gasteiger partial charge in [-0.15, -0.1) is 0 Å². The minimum absolute atomic E-state index is 0.0998. The molecule has 1 aliphatic heterocycles. The second-order valence-corrected chi connectivity index (χ2v) is 7.98. The molecule has 1 atom stereocenters. The van der Waals surface area contributed by atoms with Crippen molar-refractivity contribution in [3.8, 4) is 11.6 Å². The summed E-state index contributed by atoms with van der Waals surface area (Å²) in [4.78, 5) is 22.3. The third-order valence-electron chi connectivity index (χ3n) is 4.55. The third-order valence-corrected chi connectivity index (χ3v) is 4.55. The number of ether oxygens (including phenoxy) is 2. The zero-order chi connectivity index (χ0) is 20.1. The quantitative estimate of drug-likeness (QED) is 0.717. The first-order chi connectivity index (χ1) is 13.2. The molecule has 1 aliphatic rings. The zero-order valence-corrected chi connectivity index (χ0v) is 16.4. The van der Waals surface area contributed by atoms with Crippen LogP contribution in [0.15, 0.2) is 22.8 Å². The smallest absolute Gasteiger partial charge is 0.410 e. The molecule has 2 aromatic heterocycles. The molecule has 1 saturated heterocycles. The molecule has 28 heavy (non-hydrogen) atoms. The molecule has 0 saturated carbocycles. The van der Waals surface area contributed by atoms with E-state index in [2.05, 4.69) is 9.97 Å². The van der Waals surface area contributed by atoms with Crippen molar-refractivity contribution in [3.05, 3.63) is 24.2 Å². The molecule has 0 spiro atoms. The molecule has 3 heterocycles. The molecule has 1 aromatic carbocycles. The van der Waals surface area contributed by atoms with Crippen LogP contribution in [0.1, 0.15) is 33.0 Å². The Hall–Kier alpha value is -3.03. The molecule has 1 N–H and O–H groups in total. The minimum atomic E-state index is -0.537. The van der Waals surface area contributed by atoms with Gasteiger partial charge in [0.15, 0.2) is 11.3 Å². The van der Waals surface area contributed by atoms with Crippen LogP contribution in [-0.2, 0) is 4.74 Å². The second kappa shape index (κ2) is 6.54. The third kappa shape index (κ3) is 3.42. The Morgan fingerprint density at radius 1 is 1.32 bits per heavy atom. The van der Waals surface area contributed by atoms with Crippen molar-refractivity contribution in [1.29, 1.82) is 0 Å². The van der Waals surface area contributed by atoms with Gasteiger partial charge in [0.05, 0.1) is 29.1 Å². The van der Waals surface area contributed by atoms with Gasteiger partial charge in [0, 0.05) is 13.0 Å². The number of aryl methyl sites for hydroxylation is 1. The molecule has 3 aromatic rings. The van der Waals surface area contributed by atoms with Gasteiger partial charge < -0.3 is 23.9 Å². The fourth-order valence-electron chi connectivity index (χ4n) is 3.37. The van der Waals surface area contributed by atoms with Crippen molar-refractivity contribution >= 4 is 28.0 Å². The van der Waals surface area contributed by atoms with E-state index in [0.717, 1.165) is 5.39 Å². The summed E-state index contributed by atoms with van der Waals surface area (Å²) in [6, 6.07) is 3.48. The van der Waals surface area contributed by atoms with Gasteiger partial charge in [-0.1, -0.05) is 0 Å². The maximum absolute atomic E-state index is 12.3. The van der Waals surface area contributed by atoms with E-state index in [1.54, 1.807) is 30.2 Å². The average molecular weight is 385 g/mol. The summed E-state index contributed by atoms with van der Waals surface area (Å²) in [6.07, 6.45) is 1.69. The maximum atomic E-state index is 12.3. The number of carbonyl (C=O) groups excluding carboxylic acids is 1. The number of carbonyl (C=O) groups is 1. The van der Waals surface area contributed by atoms with Crippen LogP contribution in [0.4, 0.5) is 4.79 Å². The molecule has 0 aliphatic carbocycles. The van der Waals surface area contributed by atoms with Crippen molar-refractivity contribution < 1.29 is 23.8 Å². The standard InChI is InChI=1S/C20H23N3O5/c1-11-21-16-13-6-8-26-17(13)15(9-14(16)18(24)22-11)27-12-5-7-23(10-12)19(25)28-20(2,3)4/h6,8-9,12H,5,7,10H2,1-4H3,(H,21,22,24)/t12-/m0/s1. The molecule has 8 nitrogen and oxygen atoms in total. The molecule has 0 unspecified atom stereocenters. The number of hydrogen-bond acceptors (Lipinski definition) is 7. The molecule has 4 rings (SSSR count). The average Bonchev–Trinajstić information content (AvgIpc) is 3.23. The highest BCUT2D eigenvalue weighted by Crippen LogP contribution is 2.37. The van der Waals surface area contributed by atoms with Crippen LogP contribution < -0.4 is 4.74 Å². The van der Waals surface area contributed by atoms with E-state index in [9.17, 15) is 9.90 Å². The summed E-state index contributed by atoms with van der Waals surface area (Å²) >= 11 is 0. The number of furan rings is 1. The highest BCUT2D eigenvalue weighted by Gasteiger charge is 2.31. The van der Waals surface area contributed by atoms with E-state index in [4.69, 9.17) is 13.9 Å². The highest BCUT2D eigenvalue weighted by atomic mass is 16.6. The van der Waals surface area contributed by atoms with Gasteiger partial charge in [-0.25, -0.2) is 9.78 Å². The maximum Gasteiger partial charge on any atom is 0.410 e. The van der Waals surface area contributed by atoms with Crippen LogP contribution in [0.5, 0.6) is 11.6 Å². The molecule has 1 amide bonds. The van der Waals surface area contributed by atoms with E-state index in [1.807, 2.05) is 20.8 Å². The first-order valence-corrected chi connectivity index (χ1v) is 9.23. The Morgan fingerprint density at radius 3 is 2.86 bits per heavy atom. The van der Waals surface area contributed by atoms with Crippen molar-refractivity contribution in [1.82, 2.24) is 14.9 Å². The van der Waals surface area contributed by atoms with Gasteiger partial charge in [-0.2, -0.15) is 4.98 Å². The van der Waals surface area contributed by atoms with Crippen LogP contribution in [0, 0.1) is 6.92 Å². The van der Waals surface area contributed by atoms with Gasteiger partial charge in [0.2, 0.25) is 5.88 Å². The largest absolute Gasteiger partial charge is 0.493 e. The molecular weight excluding hydrogens is 362 g/mol. The number of fused-ring (bicyclic) bond motifs is 3. The van der Waals surface area contributed by atoms with E-state index >= 15 is 0 Å². The summed E-state index contributed by atoms with van der Waals surface area (Å²) in [6.45, 7) is 8.22. The summed E-state index contributed by atoms with van der Waals surface area (Å²) in [7, 11) is 0. The summed E-state index contributed by atoms with van der Waals surface area (Å²) in [5, 5.41) is 11.5. The Balaban J connectivity index is 1.60. The van der Waals surface area contributed by atoms with E-state index in [1.165, 1.54) is 0 Å². The molecule has 148 valence electrons. The number of amides is 1. The van der Waals surface area contributed by atoms with Gasteiger partial charge >= 0.3 is 6.09 Å². The van der Waals surface area contributed by atoms with Gasteiger partial charge in [-0.05, 0) is 39.8 Å². The normalized spacial score (nSPS) is 17.4. The summed E-state index contributed by atoms with van der Waals surface area (Å²) in [5.41, 5.74) is 0.633. The van der Waals surface area contributed by atoms with Crippen LogP contribution in [0.25, 0.3) is 21.9 Å². The topological polar surface area (TPSA) is 97.9 Å². The van der Waals surface area contributed by atoms with Crippen molar-refractivity contribution in [2.24, 2.45) is 0 Å². The Bertz CT molecular complexity index is 1050. The number of likely N-dealkylation sites (tertiary alicyclic amines) is 1. The van der Waals surface area contributed by atoms with Crippen LogP contribution in [0.2, 0.25) is 0 Å². The lowest BCUT2D eigenvalue weighted by molar-refractivity contribution is 0.0276. The number of rotatable bonds is 2. The van der Waals surface area contributed by atoms with Gasteiger partial charge in [-0.3, -0.25) is 0 Å². The lowest BCUT2D eigenvalue weighted by Gasteiger charge is -2.24. The van der Waals surface area contributed by atoms with Crippen LogP contribution >= 0.6 is 0 Å². The molecule has 0 bridgehead atoms. The zero-order valence-electron chi connectivity index (χ0n) is 16.4. The SMILES string of the molecule is Cc1nc(O)c2cc(O[C@H]3CCN(C(=O)OC(C)(C)C)C3)c3occc3c2n1. The number of hydrogen-bond donors (Lipinski definition) is 1. The van der Waals surface area contributed by atoms with Crippen LogP contribution in [0.3, 0.4) is 0 Å². The Labute approximate surface area is 162 Å². The van der Waals surface area contributed by atoms with Gasteiger partial charge in [0.1, 0.15) is 17.5 Å². The van der Waals surface area contributed by atoms with Crippen LogP contribution in [-0.4, -0.2) is 50.9 Å². The minimum Gasteiger partial charge on any atom is -0.493 e. The van der Waals surface area contributed by atoms with E-state index < -0.39 is 5.60 Å². The summed E-state index contributed by atoms with van der Waals surface area (Å²) < 4.78 is 17.2. The van der Waals surface area contributed by atoms with E-state index in [-0.39, 0.29) is 18.1 Å². The Kier molecular flexibility index (Phi) is 4.28.